The Bertz CT molecular complexity index is 1050. The lowest BCUT2D eigenvalue weighted by Gasteiger charge is -2.29. The molecule has 0 aromatic carbocycles. The van der Waals surface area contributed by atoms with Crippen LogP contribution in [0.4, 0.5) is 0 Å². The summed E-state index contributed by atoms with van der Waals surface area (Å²) < 4.78 is 0. The van der Waals surface area contributed by atoms with Crippen molar-refractivity contribution < 1.29 is 33.6 Å². The van der Waals surface area contributed by atoms with Crippen LogP contribution in [0.25, 0.3) is 0 Å². The Morgan fingerprint density at radius 3 is 1.27 bits per heavy atom. The summed E-state index contributed by atoms with van der Waals surface area (Å²) in [4.78, 5) is 87.1. The molecule has 0 fully saturated rings. The predicted octanol–water partition coefficient (Wildman–Crippen LogP) is 3.40. The summed E-state index contributed by atoms with van der Waals surface area (Å²) in [6.45, 7) is 12.2. The molecule has 7 amide bonds. The fraction of sp³-hybridized carbons (Fsp3) is 0.806. The van der Waals surface area contributed by atoms with E-state index in [9.17, 15) is 33.6 Å². The maximum absolute atomic E-state index is 13.3. The topological polar surface area (TPSA) is 192 Å². The average molecular weight is 695 g/mol. The molecule has 0 aromatic heterocycles. The van der Waals surface area contributed by atoms with Crippen LogP contribution in [0, 0.1) is 17.8 Å². The lowest BCUT2D eigenvalue weighted by molar-refractivity contribution is -0.142. The molecule has 0 radical (unpaired) electrons. The van der Waals surface area contributed by atoms with Gasteiger partial charge in [0.15, 0.2) is 0 Å². The van der Waals surface area contributed by atoms with Crippen LogP contribution in [0.2, 0.25) is 0 Å². The Labute approximate surface area is 294 Å². The second-order valence-corrected chi connectivity index (χ2v) is 13.9. The minimum atomic E-state index is -1.17. The van der Waals surface area contributed by atoms with Gasteiger partial charge in [-0.25, -0.2) is 0 Å². The van der Waals surface area contributed by atoms with E-state index in [4.69, 9.17) is 0 Å². The number of unbranched alkanes of at least 4 members (excludes halogenated alkanes) is 12. The first-order valence-corrected chi connectivity index (χ1v) is 18.4. The van der Waals surface area contributed by atoms with E-state index in [1.54, 1.807) is 27.7 Å². The van der Waals surface area contributed by atoms with Gasteiger partial charge in [-0.3, -0.25) is 38.9 Å². The van der Waals surface area contributed by atoms with Crippen LogP contribution >= 0.6 is 0 Å². The number of carbonyl (C=O) groups excluding carboxylic acids is 7. The highest BCUT2D eigenvalue weighted by Gasteiger charge is 2.33. The number of likely N-dealkylation sites (N-methyl/N-ethyl adjacent to an activating group) is 1. The molecule has 6 N–H and O–H groups in total. The van der Waals surface area contributed by atoms with Gasteiger partial charge in [-0.05, 0) is 24.2 Å². The van der Waals surface area contributed by atoms with E-state index in [1.807, 2.05) is 19.2 Å². The number of amides is 7. The minimum absolute atomic E-state index is 0.208. The molecule has 0 saturated heterocycles. The van der Waals surface area contributed by atoms with Crippen LogP contribution in [-0.2, 0) is 33.6 Å². The van der Waals surface area contributed by atoms with Crippen molar-refractivity contribution >= 4 is 41.4 Å². The van der Waals surface area contributed by atoms with Gasteiger partial charge in [0.1, 0.15) is 18.1 Å². The molecule has 49 heavy (non-hydrogen) atoms. The summed E-state index contributed by atoms with van der Waals surface area (Å²) >= 11 is 0. The van der Waals surface area contributed by atoms with E-state index in [0.29, 0.717) is 6.42 Å². The van der Waals surface area contributed by atoms with Crippen molar-refractivity contribution in [1.82, 2.24) is 31.9 Å². The number of hydrogen-bond acceptors (Lipinski definition) is 7. The van der Waals surface area contributed by atoms with Crippen LogP contribution < -0.4 is 31.9 Å². The van der Waals surface area contributed by atoms with E-state index >= 15 is 0 Å². The Kier molecular flexibility index (Phi) is 24.5. The molecule has 0 aliphatic heterocycles. The third kappa shape index (κ3) is 20.6. The maximum atomic E-state index is 13.3. The Morgan fingerprint density at radius 1 is 0.469 bits per heavy atom. The summed E-state index contributed by atoms with van der Waals surface area (Å²) in [6, 6.07) is -2.91. The van der Waals surface area contributed by atoms with Crippen molar-refractivity contribution in [2.24, 2.45) is 17.8 Å². The molecule has 0 saturated carbocycles. The Balaban J connectivity index is 4.86. The number of imide groups is 1. The summed E-state index contributed by atoms with van der Waals surface area (Å²) in [5.74, 6) is -6.04. The molecule has 0 heterocycles. The Hall–Kier alpha value is -3.51. The highest BCUT2D eigenvalue weighted by Crippen LogP contribution is 2.14. The zero-order chi connectivity index (χ0) is 37.4. The summed E-state index contributed by atoms with van der Waals surface area (Å²) in [7, 11) is 1.23. The summed E-state index contributed by atoms with van der Waals surface area (Å²) in [6.07, 6.45) is 16.1. The van der Waals surface area contributed by atoms with E-state index in [0.717, 1.165) is 19.3 Å². The van der Waals surface area contributed by atoms with E-state index in [2.05, 4.69) is 33.5 Å². The molecule has 0 aromatic rings. The third-order valence-electron chi connectivity index (χ3n) is 8.38. The van der Waals surface area contributed by atoms with Gasteiger partial charge in [0.05, 0.1) is 6.54 Å². The lowest BCUT2D eigenvalue weighted by Crippen LogP contribution is -2.60. The SMILES string of the molecule is CCCCCCCCCCCCCCCC(=O)N[C@H](C(=O)N[C@H](C(=O)N[C@H](C(=O)NCC(=O)NC(=O)C(=O)NC)C(C)C)C(C)C)C(C)C. The average Bonchev–Trinajstić information content (AvgIpc) is 3.04. The number of carbonyl (C=O) groups is 7. The molecule has 0 spiro atoms. The normalized spacial score (nSPS) is 13.0. The van der Waals surface area contributed by atoms with Crippen molar-refractivity contribution in [3.63, 3.8) is 0 Å². The first-order chi connectivity index (χ1) is 23.2. The molecule has 13 nitrogen and oxygen atoms in total. The van der Waals surface area contributed by atoms with Gasteiger partial charge in [-0.2, -0.15) is 0 Å². The van der Waals surface area contributed by atoms with Crippen LogP contribution in [0.15, 0.2) is 0 Å². The number of rotatable bonds is 25. The molecular weight excluding hydrogens is 628 g/mol. The van der Waals surface area contributed by atoms with E-state index in [-0.39, 0.29) is 17.7 Å². The van der Waals surface area contributed by atoms with Crippen LogP contribution in [0.5, 0.6) is 0 Å². The quantitative estimate of drug-likeness (QED) is 0.0623. The molecule has 0 aliphatic rings. The second kappa shape index (κ2) is 26.4. The lowest BCUT2D eigenvalue weighted by atomic mass is 9.98. The zero-order valence-corrected chi connectivity index (χ0v) is 31.4. The Morgan fingerprint density at radius 2 is 0.857 bits per heavy atom. The monoisotopic (exact) mass is 694 g/mol. The fourth-order valence-corrected chi connectivity index (χ4v) is 5.26. The molecule has 3 atom stereocenters. The minimum Gasteiger partial charge on any atom is -0.351 e. The highest BCUT2D eigenvalue weighted by molar-refractivity contribution is 6.37. The van der Waals surface area contributed by atoms with Crippen LogP contribution in [-0.4, -0.2) is 73.1 Å². The van der Waals surface area contributed by atoms with Crippen molar-refractivity contribution in [2.75, 3.05) is 13.6 Å². The van der Waals surface area contributed by atoms with Gasteiger partial charge < -0.3 is 26.6 Å². The van der Waals surface area contributed by atoms with Crippen LogP contribution in [0.1, 0.15) is 138 Å². The highest BCUT2D eigenvalue weighted by atomic mass is 16.2. The van der Waals surface area contributed by atoms with Crippen molar-refractivity contribution in [3.05, 3.63) is 0 Å². The molecule has 0 unspecified atom stereocenters. The molecule has 0 aliphatic carbocycles. The van der Waals surface area contributed by atoms with Gasteiger partial charge in [-0.1, -0.05) is 126 Å². The standard InChI is InChI=1S/C36H66N6O7/c1-9-10-11-12-13-14-15-16-17-18-19-20-21-22-27(43)39-30(25(4)5)33(46)42-31(26(6)7)34(47)41-29(24(2)3)32(45)38-23-28(44)40-36(49)35(48)37-8/h24-26,29-31H,9-23H2,1-8H3,(H,37,48)(H,38,45)(H,39,43)(H,41,47)(H,42,46)(H,40,44,49)/t29-,30-,31-/m0/s1. The molecule has 0 bridgehead atoms. The first kappa shape index (κ1) is 45.5. The summed E-state index contributed by atoms with van der Waals surface area (Å²) in [5.41, 5.74) is 0. The molecule has 13 heteroatoms. The number of hydrogen-bond donors (Lipinski definition) is 6. The van der Waals surface area contributed by atoms with Gasteiger partial charge in [0.2, 0.25) is 29.5 Å². The summed E-state index contributed by atoms with van der Waals surface area (Å²) in [5, 5.41) is 14.5. The van der Waals surface area contributed by atoms with E-state index in [1.165, 1.54) is 71.3 Å². The van der Waals surface area contributed by atoms with Gasteiger partial charge in [-0.15, -0.1) is 0 Å². The second-order valence-electron chi connectivity index (χ2n) is 13.9. The van der Waals surface area contributed by atoms with Gasteiger partial charge in [0.25, 0.3) is 0 Å². The van der Waals surface area contributed by atoms with Gasteiger partial charge in [0, 0.05) is 13.5 Å². The van der Waals surface area contributed by atoms with Crippen molar-refractivity contribution in [2.45, 2.75) is 156 Å². The predicted molar refractivity (Wildman–Crippen MR) is 191 cm³/mol. The third-order valence-corrected chi connectivity index (χ3v) is 8.38. The molecule has 0 rings (SSSR count). The van der Waals surface area contributed by atoms with Crippen molar-refractivity contribution in [1.29, 1.82) is 0 Å². The zero-order valence-electron chi connectivity index (χ0n) is 31.4. The maximum Gasteiger partial charge on any atom is 0.315 e. The van der Waals surface area contributed by atoms with Crippen molar-refractivity contribution in [3.8, 4) is 0 Å². The smallest absolute Gasteiger partial charge is 0.315 e. The van der Waals surface area contributed by atoms with Gasteiger partial charge >= 0.3 is 11.8 Å². The largest absolute Gasteiger partial charge is 0.351 e. The van der Waals surface area contributed by atoms with Crippen LogP contribution in [0.3, 0.4) is 0 Å². The number of nitrogens with one attached hydrogen (secondary N) is 6. The fourth-order valence-electron chi connectivity index (χ4n) is 5.26. The molecule has 282 valence electrons. The van der Waals surface area contributed by atoms with E-state index < -0.39 is 66.0 Å². The molecular formula is C36H66N6O7. The first-order valence-electron chi connectivity index (χ1n) is 18.4.